The number of methoxy groups -OCH3 is 1. The minimum atomic E-state index is -1.07. The van der Waals surface area contributed by atoms with E-state index in [1.165, 1.54) is 7.11 Å². The number of rotatable bonds is 3. The molecular formula is C11H20N4O4. The van der Waals surface area contributed by atoms with Gasteiger partial charge in [0.1, 0.15) is 5.41 Å². The molecule has 8 heteroatoms. The quantitative estimate of drug-likeness (QED) is 0.282. The molecule has 108 valence electrons. The molecule has 1 rings (SSSR count). The SMILES string of the molecule is COC(=O)NC1CCN(C(=O)C(C)(C)C(N)=NO)C1. The standard InChI is InChI=1S/C11H20N4O4/c1-11(2,8(12)14-18)9(16)15-5-4-7(6-15)13-10(17)19-3/h7,18H,4-6H2,1-3H3,(H2,12,14)(H,13,17). The summed E-state index contributed by atoms with van der Waals surface area (Å²) in [6.45, 7) is 4.07. The number of oxime groups is 1. The third-order valence-electron chi connectivity index (χ3n) is 3.27. The maximum absolute atomic E-state index is 12.3. The highest BCUT2D eigenvalue weighted by Gasteiger charge is 2.39. The van der Waals surface area contributed by atoms with E-state index >= 15 is 0 Å². The third kappa shape index (κ3) is 3.27. The lowest BCUT2D eigenvalue weighted by molar-refractivity contribution is -0.136. The molecule has 1 aliphatic heterocycles. The van der Waals surface area contributed by atoms with Crippen molar-refractivity contribution >= 4 is 17.8 Å². The average Bonchev–Trinajstić information content (AvgIpc) is 2.84. The van der Waals surface area contributed by atoms with Gasteiger partial charge in [0, 0.05) is 13.1 Å². The van der Waals surface area contributed by atoms with Gasteiger partial charge in [0.25, 0.3) is 0 Å². The summed E-state index contributed by atoms with van der Waals surface area (Å²) in [6.07, 6.45) is 0.127. The summed E-state index contributed by atoms with van der Waals surface area (Å²) in [7, 11) is 1.29. The number of likely N-dealkylation sites (tertiary alicyclic amines) is 1. The number of amides is 2. The van der Waals surface area contributed by atoms with Gasteiger partial charge < -0.3 is 25.9 Å². The van der Waals surface area contributed by atoms with Crippen molar-refractivity contribution in [1.82, 2.24) is 10.2 Å². The molecule has 0 aromatic rings. The van der Waals surface area contributed by atoms with Gasteiger partial charge in [-0.25, -0.2) is 4.79 Å². The van der Waals surface area contributed by atoms with Crippen molar-refractivity contribution in [2.75, 3.05) is 20.2 Å². The van der Waals surface area contributed by atoms with E-state index in [0.717, 1.165) is 0 Å². The van der Waals surface area contributed by atoms with Crippen LogP contribution in [-0.4, -0.2) is 54.2 Å². The number of nitrogens with zero attached hydrogens (tertiary/aromatic N) is 2. The highest BCUT2D eigenvalue weighted by atomic mass is 16.5. The molecule has 0 spiro atoms. The van der Waals surface area contributed by atoms with Crippen LogP contribution in [-0.2, 0) is 9.53 Å². The summed E-state index contributed by atoms with van der Waals surface area (Å²) in [5, 5.41) is 14.2. The van der Waals surface area contributed by atoms with Gasteiger partial charge in [-0.3, -0.25) is 4.79 Å². The van der Waals surface area contributed by atoms with Crippen molar-refractivity contribution in [2.24, 2.45) is 16.3 Å². The van der Waals surface area contributed by atoms with Crippen molar-refractivity contribution in [1.29, 1.82) is 0 Å². The van der Waals surface area contributed by atoms with Crippen LogP contribution >= 0.6 is 0 Å². The molecule has 19 heavy (non-hydrogen) atoms. The minimum Gasteiger partial charge on any atom is -0.453 e. The molecule has 0 aromatic carbocycles. The van der Waals surface area contributed by atoms with Crippen molar-refractivity contribution in [3.8, 4) is 0 Å². The molecule has 8 nitrogen and oxygen atoms in total. The highest BCUT2D eigenvalue weighted by molar-refractivity contribution is 6.06. The second-order valence-electron chi connectivity index (χ2n) is 4.98. The van der Waals surface area contributed by atoms with Crippen LogP contribution in [0.1, 0.15) is 20.3 Å². The molecule has 1 saturated heterocycles. The molecule has 0 radical (unpaired) electrons. The summed E-state index contributed by atoms with van der Waals surface area (Å²) in [4.78, 5) is 24.9. The lowest BCUT2D eigenvalue weighted by atomic mass is 9.90. The van der Waals surface area contributed by atoms with Gasteiger partial charge in [-0.15, -0.1) is 0 Å². The largest absolute Gasteiger partial charge is 0.453 e. The van der Waals surface area contributed by atoms with Crippen LogP contribution in [0.25, 0.3) is 0 Å². The van der Waals surface area contributed by atoms with E-state index < -0.39 is 11.5 Å². The predicted molar refractivity (Wildman–Crippen MR) is 67.7 cm³/mol. The van der Waals surface area contributed by atoms with E-state index in [0.29, 0.717) is 19.5 Å². The Morgan fingerprint density at radius 3 is 2.68 bits per heavy atom. The maximum Gasteiger partial charge on any atom is 0.407 e. The van der Waals surface area contributed by atoms with Crippen molar-refractivity contribution < 1.29 is 19.5 Å². The van der Waals surface area contributed by atoms with Gasteiger partial charge in [0.15, 0.2) is 5.84 Å². The molecule has 0 aromatic heterocycles. The van der Waals surface area contributed by atoms with Gasteiger partial charge in [0.2, 0.25) is 5.91 Å². The van der Waals surface area contributed by atoms with Crippen molar-refractivity contribution in [3.63, 3.8) is 0 Å². The third-order valence-corrected chi connectivity index (χ3v) is 3.27. The number of ether oxygens (including phenoxy) is 1. The molecule has 0 saturated carbocycles. The number of nitrogens with one attached hydrogen (secondary N) is 1. The fraction of sp³-hybridized carbons (Fsp3) is 0.727. The van der Waals surface area contributed by atoms with Gasteiger partial charge in [-0.2, -0.15) is 0 Å². The number of hydrogen-bond donors (Lipinski definition) is 3. The van der Waals surface area contributed by atoms with Crippen LogP contribution in [0.15, 0.2) is 5.16 Å². The molecule has 2 amide bonds. The first-order valence-corrected chi connectivity index (χ1v) is 5.94. The molecule has 4 N–H and O–H groups in total. The summed E-state index contributed by atoms with van der Waals surface area (Å²) in [5.41, 5.74) is 4.44. The summed E-state index contributed by atoms with van der Waals surface area (Å²) >= 11 is 0. The molecule has 1 atom stereocenters. The molecule has 1 unspecified atom stereocenters. The molecule has 0 aliphatic carbocycles. The zero-order valence-electron chi connectivity index (χ0n) is 11.3. The first-order chi connectivity index (χ1) is 8.82. The number of hydrogen-bond acceptors (Lipinski definition) is 5. The lowest BCUT2D eigenvalue weighted by Crippen LogP contribution is -2.48. The Kier molecular flexibility index (Phi) is 4.57. The van der Waals surface area contributed by atoms with Gasteiger partial charge in [-0.05, 0) is 20.3 Å². The fourth-order valence-electron chi connectivity index (χ4n) is 1.92. The Hall–Kier alpha value is -1.99. The Balaban J connectivity index is 2.64. The molecule has 1 heterocycles. The normalized spacial score (nSPS) is 20.3. The lowest BCUT2D eigenvalue weighted by Gasteiger charge is -2.28. The second-order valence-corrected chi connectivity index (χ2v) is 4.98. The minimum absolute atomic E-state index is 0.137. The van der Waals surface area contributed by atoms with Crippen LogP contribution in [0, 0.1) is 5.41 Å². The molecule has 1 aliphatic rings. The summed E-state index contributed by atoms with van der Waals surface area (Å²) in [5.74, 6) is -0.376. The highest BCUT2D eigenvalue weighted by Crippen LogP contribution is 2.22. The van der Waals surface area contributed by atoms with Crippen LogP contribution in [0.2, 0.25) is 0 Å². The van der Waals surface area contributed by atoms with E-state index in [1.807, 2.05) is 0 Å². The topological polar surface area (TPSA) is 117 Å². The predicted octanol–water partition coefficient (Wildman–Crippen LogP) is -0.284. The number of amidine groups is 1. The smallest absolute Gasteiger partial charge is 0.407 e. The fourth-order valence-corrected chi connectivity index (χ4v) is 1.92. The second kappa shape index (κ2) is 5.77. The van der Waals surface area contributed by atoms with Crippen LogP contribution in [0.4, 0.5) is 4.79 Å². The number of nitrogens with two attached hydrogens (primary N) is 1. The first-order valence-electron chi connectivity index (χ1n) is 5.94. The zero-order chi connectivity index (χ0) is 14.6. The Labute approximate surface area is 111 Å². The average molecular weight is 272 g/mol. The Bertz CT molecular complexity index is 394. The van der Waals surface area contributed by atoms with Gasteiger partial charge in [0.05, 0.1) is 13.2 Å². The number of carbonyl (C=O) groups is 2. The maximum atomic E-state index is 12.3. The van der Waals surface area contributed by atoms with E-state index in [4.69, 9.17) is 10.9 Å². The van der Waals surface area contributed by atoms with Crippen LogP contribution in [0.3, 0.4) is 0 Å². The molecule has 0 bridgehead atoms. The van der Waals surface area contributed by atoms with Crippen molar-refractivity contribution in [3.05, 3.63) is 0 Å². The van der Waals surface area contributed by atoms with E-state index in [-0.39, 0.29) is 17.8 Å². The Morgan fingerprint density at radius 1 is 1.53 bits per heavy atom. The van der Waals surface area contributed by atoms with E-state index in [2.05, 4.69) is 15.2 Å². The molecular weight excluding hydrogens is 252 g/mol. The van der Waals surface area contributed by atoms with E-state index in [1.54, 1.807) is 18.7 Å². The van der Waals surface area contributed by atoms with Crippen molar-refractivity contribution in [2.45, 2.75) is 26.3 Å². The van der Waals surface area contributed by atoms with Gasteiger partial charge >= 0.3 is 6.09 Å². The summed E-state index contributed by atoms with van der Waals surface area (Å²) < 4.78 is 4.51. The first kappa shape index (κ1) is 15.1. The zero-order valence-corrected chi connectivity index (χ0v) is 11.3. The molecule has 1 fully saturated rings. The van der Waals surface area contributed by atoms with Crippen LogP contribution in [0.5, 0.6) is 0 Å². The van der Waals surface area contributed by atoms with E-state index in [9.17, 15) is 9.59 Å². The Morgan fingerprint density at radius 2 is 2.16 bits per heavy atom. The number of alkyl carbamates (subject to hydrolysis) is 1. The van der Waals surface area contributed by atoms with Crippen LogP contribution < -0.4 is 11.1 Å². The number of carbonyl (C=O) groups excluding carboxylic acids is 2. The monoisotopic (exact) mass is 272 g/mol. The van der Waals surface area contributed by atoms with Gasteiger partial charge in [-0.1, -0.05) is 5.16 Å². The summed E-state index contributed by atoms with van der Waals surface area (Å²) in [6, 6.07) is -0.139.